The lowest BCUT2D eigenvalue weighted by Crippen LogP contribution is -2.21. The molecule has 0 spiro atoms. The van der Waals surface area contributed by atoms with Crippen LogP contribution in [0.15, 0.2) is 48.7 Å². The van der Waals surface area contributed by atoms with Gasteiger partial charge in [0.25, 0.3) is 5.91 Å². The molecule has 0 aliphatic heterocycles. The van der Waals surface area contributed by atoms with Crippen LogP contribution in [0.5, 0.6) is 0 Å². The van der Waals surface area contributed by atoms with Crippen molar-refractivity contribution in [2.24, 2.45) is 0 Å². The number of pyridine rings is 1. The van der Waals surface area contributed by atoms with Crippen LogP contribution in [0.3, 0.4) is 0 Å². The third-order valence-electron chi connectivity index (χ3n) is 4.33. The Morgan fingerprint density at radius 2 is 1.86 bits per heavy atom. The van der Waals surface area contributed by atoms with Crippen LogP contribution in [0.2, 0.25) is 0 Å². The van der Waals surface area contributed by atoms with E-state index < -0.39 is 23.6 Å². The number of anilines is 2. The van der Waals surface area contributed by atoms with E-state index in [1.54, 1.807) is 31.2 Å². The van der Waals surface area contributed by atoms with Crippen LogP contribution in [0.4, 0.5) is 20.3 Å². The fourth-order valence-corrected chi connectivity index (χ4v) is 2.89. The molecule has 1 amide bonds. The van der Waals surface area contributed by atoms with Crippen molar-refractivity contribution < 1.29 is 23.5 Å². The fraction of sp³-hybridized carbons (Fsp3) is 0.0952. The van der Waals surface area contributed by atoms with Crippen LogP contribution in [0, 0.1) is 18.6 Å². The number of halogens is 2. The summed E-state index contributed by atoms with van der Waals surface area (Å²) in [5, 5.41) is 12.6. The van der Waals surface area contributed by atoms with Gasteiger partial charge in [0.1, 0.15) is 17.5 Å². The number of benzene rings is 2. The summed E-state index contributed by atoms with van der Waals surface area (Å²) in [5.74, 6) is -2.48. The molecule has 4 N–H and O–H groups in total. The van der Waals surface area contributed by atoms with Crippen molar-refractivity contribution in [3.63, 3.8) is 0 Å². The van der Waals surface area contributed by atoms with Crippen molar-refractivity contribution in [2.45, 2.75) is 13.0 Å². The number of nitrogen functional groups attached to an aromatic ring is 1. The molecule has 0 bridgehead atoms. The van der Waals surface area contributed by atoms with Gasteiger partial charge in [0, 0.05) is 23.5 Å². The lowest BCUT2D eigenvalue weighted by atomic mass is 10.00. The molecule has 0 fully saturated rings. The standard InChI is InChI=1S/C21H17F2N3O3/c1-11-4-17(2-3-18(11)13-5-14(10-27)20(24)25-9-13)26-21(29)19(28)12-6-15(22)8-16(23)7-12/h2-10,19,28H,1H3,(H2,24,25)(H,26,29). The van der Waals surface area contributed by atoms with Crippen LogP contribution in [-0.2, 0) is 4.79 Å². The number of hydrogen-bond donors (Lipinski definition) is 3. The number of carbonyl (C=O) groups is 2. The van der Waals surface area contributed by atoms with Gasteiger partial charge in [0.2, 0.25) is 0 Å². The Balaban J connectivity index is 1.81. The van der Waals surface area contributed by atoms with Crippen molar-refractivity contribution >= 4 is 23.7 Å². The van der Waals surface area contributed by atoms with Gasteiger partial charge in [-0.05, 0) is 53.9 Å². The van der Waals surface area contributed by atoms with E-state index in [0.29, 0.717) is 23.6 Å². The second-order valence-electron chi connectivity index (χ2n) is 6.44. The first-order chi connectivity index (χ1) is 13.8. The van der Waals surface area contributed by atoms with Gasteiger partial charge in [-0.3, -0.25) is 9.59 Å². The summed E-state index contributed by atoms with van der Waals surface area (Å²) in [6.45, 7) is 1.79. The zero-order chi connectivity index (χ0) is 21.1. The maximum atomic E-state index is 13.3. The molecule has 0 aliphatic rings. The Morgan fingerprint density at radius 1 is 1.17 bits per heavy atom. The number of aliphatic hydroxyl groups is 1. The molecule has 0 saturated heterocycles. The molecule has 2 aromatic carbocycles. The van der Waals surface area contributed by atoms with E-state index >= 15 is 0 Å². The predicted octanol–water partition coefficient (Wildman–Crippen LogP) is 3.40. The molecule has 3 aromatic rings. The number of hydrogen-bond acceptors (Lipinski definition) is 5. The largest absolute Gasteiger partial charge is 0.383 e. The number of aldehydes is 1. The maximum Gasteiger partial charge on any atom is 0.257 e. The zero-order valence-electron chi connectivity index (χ0n) is 15.3. The number of carbonyl (C=O) groups excluding carboxylic acids is 2. The number of nitrogens with two attached hydrogens (primary N) is 1. The summed E-state index contributed by atoms with van der Waals surface area (Å²) < 4.78 is 26.6. The average molecular weight is 397 g/mol. The summed E-state index contributed by atoms with van der Waals surface area (Å²) >= 11 is 0. The highest BCUT2D eigenvalue weighted by Crippen LogP contribution is 2.27. The van der Waals surface area contributed by atoms with Gasteiger partial charge < -0.3 is 16.2 Å². The molecule has 3 rings (SSSR count). The number of aryl methyl sites for hydroxylation is 1. The molecule has 6 nitrogen and oxygen atoms in total. The quantitative estimate of drug-likeness (QED) is 0.572. The van der Waals surface area contributed by atoms with Crippen LogP contribution < -0.4 is 11.1 Å². The van der Waals surface area contributed by atoms with Crippen molar-refractivity contribution in [1.82, 2.24) is 4.98 Å². The lowest BCUT2D eigenvalue weighted by Gasteiger charge is -2.14. The molecule has 1 atom stereocenters. The van der Waals surface area contributed by atoms with Gasteiger partial charge in [-0.2, -0.15) is 0 Å². The maximum absolute atomic E-state index is 13.3. The smallest absolute Gasteiger partial charge is 0.257 e. The first-order valence-electron chi connectivity index (χ1n) is 8.55. The molecular weight excluding hydrogens is 380 g/mol. The Bertz CT molecular complexity index is 1080. The minimum atomic E-state index is -1.74. The van der Waals surface area contributed by atoms with Crippen LogP contribution in [0.1, 0.15) is 27.6 Å². The minimum absolute atomic E-state index is 0.132. The molecule has 1 heterocycles. The van der Waals surface area contributed by atoms with Crippen molar-refractivity contribution in [3.05, 3.63) is 77.0 Å². The molecule has 0 aliphatic carbocycles. The highest BCUT2D eigenvalue weighted by molar-refractivity contribution is 5.95. The molecule has 148 valence electrons. The van der Waals surface area contributed by atoms with Gasteiger partial charge in [-0.1, -0.05) is 6.07 Å². The third kappa shape index (κ3) is 4.44. The highest BCUT2D eigenvalue weighted by atomic mass is 19.1. The summed E-state index contributed by atoms with van der Waals surface area (Å²) in [6, 6.07) is 9.00. The van der Waals surface area contributed by atoms with E-state index in [1.807, 2.05) is 0 Å². The van der Waals surface area contributed by atoms with E-state index in [-0.39, 0.29) is 16.9 Å². The second kappa shape index (κ2) is 8.15. The monoisotopic (exact) mass is 397 g/mol. The number of rotatable bonds is 5. The zero-order valence-corrected chi connectivity index (χ0v) is 15.3. The van der Waals surface area contributed by atoms with E-state index in [0.717, 1.165) is 23.3 Å². The van der Waals surface area contributed by atoms with E-state index in [1.165, 1.54) is 6.20 Å². The normalized spacial score (nSPS) is 11.7. The van der Waals surface area contributed by atoms with Gasteiger partial charge in [0.05, 0.1) is 5.56 Å². The van der Waals surface area contributed by atoms with Crippen LogP contribution in [0.25, 0.3) is 11.1 Å². The van der Waals surface area contributed by atoms with Crippen molar-refractivity contribution in [2.75, 3.05) is 11.1 Å². The van der Waals surface area contributed by atoms with Crippen LogP contribution in [-0.4, -0.2) is 22.3 Å². The fourth-order valence-electron chi connectivity index (χ4n) is 2.89. The number of aromatic nitrogens is 1. The number of nitrogens with zero attached hydrogens (tertiary/aromatic N) is 1. The molecule has 1 aromatic heterocycles. The SMILES string of the molecule is Cc1cc(NC(=O)C(O)c2cc(F)cc(F)c2)ccc1-c1cnc(N)c(C=O)c1. The number of aliphatic hydroxyl groups excluding tert-OH is 1. The Hall–Kier alpha value is -3.65. The second-order valence-corrected chi connectivity index (χ2v) is 6.44. The summed E-state index contributed by atoms with van der Waals surface area (Å²) in [4.78, 5) is 27.3. The van der Waals surface area contributed by atoms with Crippen LogP contribution >= 0.6 is 0 Å². The van der Waals surface area contributed by atoms with E-state index in [9.17, 15) is 23.5 Å². The van der Waals surface area contributed by atoms with Crippen molar-refractivity contribution in [3.8, 4) is 11.1 Å². The van der Waals surface area contributed by atoms with E-state index in [4.69, 9.17) is 5.73 Å². The van der Waals surface area contributed by atoms with Gasteiger partial charge in [-0.25, -0.2) is 13.8 Å². The number of amides is 1. The Kier molecular flexibility index (Phi) is 5.65. The third-order valence-corrected chi connectivity index (χ3v) is 4.33. The topological polar surface area (TPSA) is 105 Å². The Labute approximate surface area is 165 Å². The molecule has 1 unspecified atom stereocenters. The van der Waals surface area contributed by atoms with Gasteiger partial charge in [0.15, 0.2) is 12.4 Å². The average Bonchev–Trinajstić information content (AvgIpc) is 2.67. The molecular formula is C21H17F2N3O3. The summed E-state index contributed by atoms with van der Waals surface area (Å²) in [6.07, 6.45) is 0.411. The predicted molar refractivity (Wildman–Crippen MR) is 104 cm³/mol. The minimum Gasteiger partial charge on any atom is -0.383 e. The number of nitrogens with one attached hydrogen (secondary N) is 1. The lowest BCUT2D eigenvalue weighted by molar-refractivity contribution is -0.124. The molecule has 0 saturated carbocycles. The first-order valence-corrected chi connectivity index (χ1v) is 8.55. The van der Waals surface area contributed by atoms with Gasteiger partial charge in [-0.15, -0.1) is 0 Å². The summed E-state index contributed by atoms with van der Waals surface area (Å²) in [7, 11) is 0. The molecule has 8 heteroatoms. The van der Waals surface area contributed by atoms with E-state index in [2.05, 4.69) is 10.3 Å². The summed E-state index contributed by atoms with van der Waals surface area (Å²) in [5.41, 5.74) is 8.29. The highest BCUT2D eigenvalue weighted by Gasteiger charge is 2.19. The first kappa shape index (κ1) is 20.1. The Morgan fingerprint density at radius 3 is 2.48 bits per heavy atom. The molecule has 29 heavy (non-hydrogen) atoms. The van der Waals surface area contributed by atoms with Crippen molar-refractivity contribution in [1.29, 1.82) is 0 Å². The van der Waals surface area contributed by atoms with Gasteiger partial charge >= 0.3 is 0 Å². The molecule has 0 radical (unpaired) electrons.